The zero-order chi connectivity index (χ0) is 12.0. The van der Waals surface area contributed by atoms with Crippen LogP contribution in [0.15, 0.2) is 12.4 Å². The van der Waals surface area contributed by atoms with Gasteiger partial charge in [0.2, 0.25) is 5.78 Å². The van der Waals surface area contributed by atoms with Gasteiger partial charge in [-0.2, -0.15) is 0 Å². The highest BCUT2D eigenvalue weighted by Gasteiger charge is 2.12. The third-order valence-corrected chi connectivity index (χ3v) is 3.60. The second kappa shape index (κ2) is 3.53. The first-order chi connectivity index (χ1) is 8.19. The van der Waals surface area contributed by atoms with Crippen LogP contribution in [0, 0.1) is 13.8 Å². The van der Waals surface area contributed by atoms with Gasteiger partial charge in [0.05, 0.1) is 0 Å². The molecule has 0 aliphatic heterocycles. The summed E-state index contributed by atoms with van der Waals surface area (Å²) in [6.07, 6.45) is 4.53. The molecular formula is C11H10N4OS. The lowest BCUT2D eigenvalue weighted by Crippen LogP contribution is -1.86. The van der Waals surface area contributed by atoms with E-state index < -0.39 is 0 Å². The molecule has 6 heteroatoms. The number of carbonyl (C=O) groups is 1. The minimum Gasteiger partial charge on any atom is -0.321 e. The Kier molecular flexibility index (Phi) is 2.12. The average Bonchev–Trinajstić information content (AvgIpc) is 2.95. The minimum atomic E-state index is 0.564. The van der Waals surface area contributed by atoms with Gasteiger partial charge in [-0.1, -0.05) is 0 Å². The van der Waals surface area contributed by atoms with E-state index in [1.54, 1.807) is 11.3 Å². The molecule has 0 aliphatic carbocycles. The van der Waals surface area contributed by atoms with E-state index in [1.165, 1.54) is 0 Å². The fourth-order valence-electron chi connectivity index (χ4n) is 1.76. The van der Waals surface area contributed by atoms with Crippen LogP contribution in [0.4, 0.5) is 0 Å². The summed E-state index contributed by atoms with van der Waals surface area (Å²) in [5.41, 5.74) is 2.26. The van der Waals surface area contributed by atoms with Gasteiger partial charge in [-0.25, -0.2) is 9.97 Å². The smallest absolute Gasteiger partial charge is 0.212 e. The summed E-state index contributed by atoms with van der Waals surface area (Å²) in [4.78, 5) is 23.6. The zero-order valence-electron chi connectivity index (χ0n) is 9.39. The van der Waals surface area contributed by atoms with E-state index >= 15 is 0 Å². The average molecular weight is 246 g/mol. The highest BCUT2D eigenvalue weighted by Crippen LogP contribution is 2.24. The lowest BCUT2D eigenvalue weighted by Gasteiger charge is -1.89. The topological polar surface area (TPSA) is 63.1 Å². The lowest BCUT2D eigenvalue weighted by molar-refractivity contribution is 0.111. The normalized spacial score (nSPS) is 11.2. The summed E-state index contributed by atoms with van der Waals surface area (Å²) in [7, 11) is 0. The fourth-order valence-corrected chi connectivity index (χ4v) is 2.47. The number of hydrogen-bond donors (Lipinski definition) is 1. The van der Waals surface area contributed by atoms with E-state index in [0.29, 0.717) is 11.5 Å². The quantitative estimate of drug-likeness (QED) is 0.705. The van der Waals surface area contributed by atoms with Crippen molar-refractivity contribution in [3.05, 3.63) is 28.7 Å². The Labute approximate surface area is 101 Å². The van der Waals surface area contributed by atoms with Crippen molar-refractivity contribution < 1.29 is 4.79 Å². The Morgan fingerprint density at radius 1 is 1.47 bits per heavy atom. The van der Waals surface area contributed by atoms with Crippen LogP contribution in [-0.2, 0) is 0 Å². The van der Waals surface area contributed by atoms with Crippen LogP contribution in [-0.4, -0.2) is 25.6 Å². The van der Waals surface area contributed by atoms with Gasteiger partial charge in [0.25, 0.3) is 0 Å². The van der Waals surface area contributed by atoms with E-state index in [4.69, 9.17) is 0 Å². The van der Waals surface area contributed by atoms with Crippen molar-refractivity contribution in [2.45, 2.75) is 13.8 Å². The Hall–Kier alpha value is -1.95. The van der Waals surface area contributed by atoms with Gasteiger partial charge in [-0.05, 0) is 13.8 Å². The molecule has 17 heavy (non-hydrogen) atoms. The second-order valence-corrected chi connectivity index (χ2v) is 5.07. The zero-order valence-corrected chi connectivity index (χ0v) is 10.2. The van der Waals surface area contributed by atoms with Crippen molar-refractivity contribution in [2.75, 3.05) is 0 Å². The van der Waals surface area contributed by atoms with Crippen LogP contribution in [0.1, 0.15) is 21.1 Å². The second-order valence-electron chi connectivity index (χ2n) is 3.84. The van der Waals surface area contributed by atoms with Gasteiger partial charge in [0.15, 0.2) is 6.29 Å². The van der Waals surface area contributed by atoms with Crippen LogP contribution in [0.25, 0.3) is 16.5 Å². The molecule has 0 atom stereocenters. The summed E-state index contributed by atoms with van der Waals surface area (Å²) >= 11 is 1.60. The number of carbonyl (C=O) groups excluding carboxylic acids is 1. The molecule has 0 aromatic carbocycles. The third kappa shape index (κ3) is 1.49. The molecule has 3 aromatic rings. The van der Waals surface area contributed by atoms with E-state index in [0.717, 1.165) is 27.6 Å². The first kappa shape index (κ1) is 10.2. The molecule has 3 rings (SSSR count). The number of aromatic nitrogens is 4. The van der Waals surface area contributed by atoms with Crippen LogP contribution in [0.3, 0.4) is 0 Å². The van der Waals surface area contributed by atoms with Crippen LogP contribution in [0.2, 0.25) is 0 Å². The molecule has 1 N–H and O–H groups in total. The molecule has 0 radical (unpaired) electrons. The van der Waals surface area contributed by atoms with Gasteiger partial charge >= 0.3 is 0 Å². The standard InChI is InChI=1S/C11H10N4OS/c1-6-3-12-10(17-6)8-4-15-7(2)9(5-16)14-11(15)13-8/h3-5H,1-2H3,(H,13,14). The molecule has 86 valence electrons. The number of H-pyrrole nitrogens is 1. The number of aryl methyl sites for hydroxylation is 2. The van der Waals surface area contributed by atoms with E-state index in [-0.39, 0.29) is 0 Å². The predicted octanol–water partition coefficient (Wildman–Crippen LogP) is 2.22. The Bertz CT molecular complexity index is 706. The molecule has 0 fully saturated rings. The van der Waals surface area contributed by atoms with Crippen molar-refractivity contribution in [1.29, 1.82) is 0 Å². The highest BCUT2D eigenvalue weighted by atomic mass is 32.1. The number of rotatable bonds is 2. The lowest BCUT2D eigenvalue weighted by atomic mass is 10.4. The fraction of sp³-hybridized carbons (Fsp3) is 0.182. The van der Waals surface area contributed by atoms with Crippen molar-refractivity contribution in [3.8, 4) is 10.7 Å². The van der Waals surface area contributed by atoms with Crippen molar-refractivity contribution >= 4 is 23.4 Å². The highest BCUT2D eigenvalue weighted by molar-refractivity contribution is 7.14. The van der Waals surface area contributed by atoms with Gasteiger partial charge < -0.3 is 4.98 Å². The number of imidazole rings is 2. The molecule has 0 spiro atoms. The minimum absolute atomic E-state index is 0.564. The molecule has 0 bridgehead atoms. The largest absolute Gasteiger partial charge is 0.321 e. The van der Waals surface area contributed by atoms with Gasteiger partial charge in [0, 0.05) is 23.0 Å². The van der Waals surface area contributed by atoms with Gasteiger partial charge in [0.1, 0.15) is 16.4 Å². The van der Waals surface area contributed by atoms with Crippen molar-refractivity contribution in [3.63, 3.8) is 0 Å². The monoisotopic (exact) mass is 246 g/mol. The summed E-state index contributed by atoms with van der Waals surface area (Å²) in [5, 5.41) is 0.895. The van der Waals surface area contributed by atoms with Gasteiger partial charge in [-0.3, -0.25) is 9.20 Å². The van der Waals surface area contributed by atoms with Crippen LogP contribution >= 0.6 is 11.3 Å². The Balaban J connectivity index is 2.18. The van der Waals surface area contributed by atoms with E-state index in [2.05, 4.69) is 15.0 Å². The Morgan fingerprint density at radius 3 is 2.88 bits per heavy atom. The maximum absolute atomic E-state index is 10.8. The molecule has 0 amide bonds. The number of aromatic amines is 1. The van der Waals surface area contributed by atoms with Crippen molar-refractivity contribution in [1.82, 2.24) is 19.4 Å². The number of aldehydes is 1. The summed E-state index contributed by atoms with van der Waals surface area (Å²) in [6, 6.07) is 0. The number of nitrogens with one attached hydrogen (secondary N) is 1. The SMILES string of the molecule is Cc1cnc(-c2cn3c(C)c(C=O)[nH]c3n2)s1. The first-order valence-corrected chi connectivity index (χ1v) is 5.96. The van der Waals surface area contributed by atoms with E-state index in [1.807, 2.05) is 30.6 Å². The number of hydrogen-bond acceptors (Lipinski definition) is 4. The molecule has 3 aromatic heterocycles. The molecule has 0 aliphatic rings. The predicted molar refractivity (Wildman–Crippen MR) is 65.5 cm³/mol. The molecule has 0 unspecified atom stereocenters. The number of nitrogens with zero attached hydrogens (tertiary/aromatic N) is 3. The molecule has 3 heterocycles. The molecule has 0 saturated heterocycles. The number of fused-ring (bicyclic) bond motifs is 1. The third-order valence-electron chi connectivity index (χ3n) is 2.66. The molecule has 5 nitrogen and oxygen atoms in total. The molecular weight excluding hydrogens is 236 g/mol. The van der Waals surface area contributed by atoms with Crippen molar-refractivity contribution in [2.24, 2.45) is 0 Å². The maximum atomic E-state index is 10.8. The van der Waals surface area contributed by atoms with Crippen LogP contribution in [0.5, 0.6) is 0 Å². The number of thiazole rings is 1. The Morgan fingerprint density at radius 2 is 2.29 bits per heavy atom. The first-order valence-electron chi connectivity index (χ1n) is 5.14. The summed E-state index contributed by atoms with van der Waals surface area (Å²) in [6.45, 7) is 3.89. The summed E-state index contributed by atoms with van der Waals surface area (Å²) < 4.78 is 1.87. The van der Waals surface area contributed by atoms with Crippen LogP contribution < -0.4 is 0 Å². The van der Waals surface area contributed by atoms with Gasteiger partial charge in [-0.15, -0.1) is 11.3 Å². The molecule has 0 saturated carbocycles. The maximum Gasteiger partial charge on any atom is 0.212 e. The summed E-state index contributed by atoms with van der Waals surface area (Å²) in [5.74, 6) is 0.674. The van der Waals surface area contributed by atoms with E-state index in [9.17, 15) is 4.79 Å².